The highest BCUT2D eigenvalue weighted by molar-refractivity contribution is 7.98. The highest BCUT2D eigenvalue weighted by Gasteiger charge is 2.15. The lowest BCUT2D eigenvalue weighted by Crippen LogP contribution is -2.14. The standard InChI is InChI=1S/C27H23ClN2O3S2/c1-19-3-2-4-24(17-19)30-35(32,33)26-15-11-23(12-16-26)29-27(31)21-7-5-20(6-8-21)18-34-25-13-9-22(28)10-14-25/h2-17,30H,18H2,1H3,(H,29,31). The highest BCUT2D eigenvalue weighted by Crippen LogP contribution is 2.25. The first-order chi connectivity index (χ1) is 16.8. The van der Waals surface area contributed by atoms with Crippen molar-refractivity contribution < 1.29 is 13.2 Å². The van der Waals surface area contributed by atoms with E-state index in [9.17, 15) is 13.2 Å². The lowest BCUT2D eigenvalue weighted by molar-refractivity contribution is 0.102. The molecule has 178 valence electrons. The number of carbonyl (C=O) groups excluding carboxylic acids is 1. The maximum atomic E-state index is 12.7. The number of hydrogen-bond acceptors (Lipinski definition) is 4. The lowest BCUT2D eigenvalue weighted by atomic mass is 10.1. The normalized spacial score (nSPS) is 11.1. The zero-order chi connectivity index (χ0) is 24.8. The van der Waals surface area contributed by atoms with Gasteiger partial charge < -0.3 is 5.32 Å². The topological polar surface area (TPSA) is 75.3 Å². The fourth-order valence-corrected chi connectivity index (χ4v) is 5.32. The van der Waals surface area contributed by atoms with E-state index >= 15 is 0 Å². The van der Waals surface area contributed by atoms with Gasteiger partial charge in [0.2, 0.25) is 0 Å². The van der Waals surface area contributed by atoms with Crippen LogP contribution in [0.3, 0.4) is 0 Å². The van der Waals surface area contributed by atoms with E-state index in [1.165, 1.54) is 12.1 Å². The fourth-order valence-electron chi connectivity index (χ4n) is 3.29. The Morgan fingerprint density at radius 1 is 0.857 bits per heavy atom. The summed E-state index contributed by atoms with van der Waals surface area (Å²) in [6.07, 6.45) is 0. The fraction of sp³-hybridized carbons (Fsp3) is 0.0741. The molecule has 4 aromatic rings. The second-order valence-electron chi connectivity index (χ2n) is 7.89. The molecule has 5 nitrogen and oxygen atoms in total. The predicted molar refractivity (Wildman–Crippen MR) is 144 cm³/mol. The summed E-state index contributed by atoms with van der Waals surface area (Å²) in [6.45, 7) is 1.89. The van der Waals surface area contributed by atoms with Gasteiger partial charge in [-0.25, -0.2) is 8.42 Å². The van der Waals surface area contributed by atoms with Crippen molar-refractivity contribution in [1.82, 2.24) is 0 Å². The summed E-state index contributed by atoms with van der Waals surface area (Å²) < 4.78 is 27.9. The average molecular weight is 523 g/mol. The molecule has 4 aromatic carbocycles. The van der Waals surface area contributed by atoms with Crippen molar-refractivity contribution >= 4 is 50.7 Å². The number of amides is 1. The van der Waals surface area contributed by atoms with Crippen LogP contribution in [0, 0.1) is 6.92 Å². The van der Waals surface area contributed by atoms with Crippen molar-refractivity contribution in [3.8, 4) is 0 Å². The van der Waals surface area contributed by atoms with Gasteiger partial charge in [0.1, 0.15) is 0 Å². The maximum absolute atomic E-state index is 12.7. The first kappa shape index (κ1) is 24.9. The molecule has 0 aliphatic carbocycles. The summed E-state index contributed by atoms with van der Waals surface area (Å²) in [4.78, 5) is 13.9. The summed E-state index contributed by atoms with van der Waals surface area (Å²) in [6, 6.07) is 28.3. The van der Waals surface area contributed by atoms with Gasteiger partial charge in [-0.05, 0) is 90.8 Å². The minimum atomic E-state index is -3.73. The van der Waals surface area contributed by atoms with Crippen LogP contribution in [0.4, 0.5) is 11.4 Å². The van der Waals surface area contributed by atoms with Crippen LogP contribution in [0.2, 0.25) is 5.02 Å². The first-order valence-electron chi connectivity index (χ1n) is 10.8. The number of aryl methyl sites for hydroxylation is 1. The van der Waals surface area contributed by atoms with E-state index in [0.29, 0.717) is 22.0 Å². The third-order valence-corrected chi connectivity index (χ3v) is 7.86. The number of carbonyl (C=O) groups is 1. The van der Waals surface area contributed by atoms with Gasteiger partial charge in [-0.3, -0.25) is 9.52 Å². The molecule has 0 aliphatic heterocycles. The largest absolute Gasteiger partial charge is 0.322 e. The molecule has 2 N–H and O–H groups in total. The second-order valence-corrected chi connectivity index (χ2v) is 11.1. The SMILES string of the molecule is Cc1cccc(NS(=O)(=O)c2ccc(NC(=O)c3ccc(CSc4ccc(Cl)cc4)cc3)cc2)c1. The van der Waals surface area contributed by atoms with Crippen molar-refractivity contribution in [2.75, 3.05) is 10.0 Å². The Balaban J connectivity index is 1.35. The molecule has 0 aromatic heterocycles. The molecule has 0 fully saturated rings. The summed E-state index contributed by atoms with van der Waals surface area (Å²) in [5.41, 5.74) is 3.57. The molecule has 0 heterocycles. The van der Waals surface area contributed by atoms with Crippen LogP contribution in [0.25, 0.3) is 0 Å². The van der Waals surface area contributed by atoms with Crippen molar-refractivity contribution in [3.63, 3.8) is 0 Å². The molecule has 0 atom stereocenters. The molecule has 0 aliphatic rings. The van der Waals surface area contributed by atoms with Crippen molar-refractivity contribution in [1.29, 1.82) is 0 Å². The number of rotatable bonds is 8. The van der Waals surface area contributed by atoms with Gasteiger partial charge >= 0.3 is 0 Å². The molecule has 4 rings (SSSR count). The van der Waals surface area contributed by atoms with Gasteiger partial charge in [0.05, 0.1) is 4.90 Å². The molecule has 0 bridgehead atoms. The number of halogens is 1. The van der Waals surface area contributed by atoms with E-state index in [0.717, 1.165) is 21.8 Å². The summed E-state index contributed by atoms with van der Waals surface area (Å²) in [7, 11) is -3.73. The number of hydrogen-bond donors (Lipinski definition) is 2. The van der Waals surface area contributed by atoms with Gasteiger partial charge in [0, 0.05) is 32.6 Å². The Bertz CT molecular complexity index is 1420. The van der Waals surface area contributed by atoms with E-state index in [2.05, 4.69) is 10.0 Å². The maximum Gasteiger partial charge on any atom is 0.261 e. The molecule has 0 saturated heterocycles. The van der Waals surface area contributed by atoms with Crippen LogP contribution >= 0.6 is 23.4 Å². The minimum absolute atomic E-state index is 0.111. The minimum Gasteiger partial charge on any atom is -0.322 e. The average Bonchev–Trinajstić information content (AvgIpc) is 2.84. The molecule has 0 saturated carbocycles. The van der Waals surface area contributed by atoms with Gasteiger partial charge in [0.15, 0.2) is 0 Å². The zero-order valence-corrected chi connectivity index (χ0v) is 21.3. The van der Waals surface area contributed by atoms with Gasteiger partial charge in [-0.2, -0.15) is 0 Å². The molecule has 0 radical (unpaired) electrons. The Hall–Kier alpha value is -3.26. The van der Waals surface area contributed by atoms with Crippen LogP contribution in [-0.4, -0.2) is 14.3 Å². The van der Waals surface area contributed by atoms with E-state index in [4.69, 9.17) is 11.6 Å². The number of sulfonamides is 1. The van der Waals surface area contributed by atoms with Gasteiger partial charge in [-0.15, -0.1) is 11.8 Å². The third kappa shape index (κ3) is 6.88. The molecular formula is C27H23ClN2O3S2. The third-order valence-electron chi connectivity index (χ3n) is 5.13. The summed E-state index contributed by atoms with van der Waals surface area (Å²) in [5.74, 6) is 0.506. The zero-order valence-electron chi connectivity index (χ0n) is 18.9. The predicted octanol–water partition coefficient (Wildman–Crippen LogP) is 6.99. The van der Waals surface area contributed by atoms with Crippen LogP contribution < -0.4 is 10.0 Å². The number of anilines is 2. The van der Waals surface area contributed by atoms with Gasteiger partial charge in [-0.1, -0.05) is 35.9 Å². The van der Waals surface area contributed by atoms with Crippen molar-refractivity contribution in [2.24, 2.45) is 0 Å². The molecule has 0 unspecified atom stereocenters. The number of benzene rings is 4. The van der Waals surface area contributed by atoms with E-state index < -0.39 is 10.0 Å². The van der Waals surface area contributed by atoms with E-state index in [1.807, 2.05) is 49.4 Å². The van der Waals surface area contributed by atoms with Crippen LogP contribution in [0.1, 0.15) is 21.5 Å². The Kier molecular flexibility index (Phi) is 7.80. The second kappa shape index (κ2) is 11.0. The highest BCUT2D eigenvalue weighted by atomic mass is 35.5. The van der Waals surface area contributed by atoms with E-state index in [1.54, 1.807) is 54.2 Å². The van der Waals surface area contributed by atoms with Crippen LogP contribution in [-0.2, 0) is 15.8 Å². The first-order valence-corrected chi connectivity index (χ1v) is 13.6. The summed E-state index contributed by atoms with van der Waals surface area (Å²) in [5, 5.41) is 3.51. The van der Waals surface area contributed by atoms with E-state index in [-0.39, 0.29) is 10.8 Å². The molecule has 35 heavy (non-hydrogen) atoms. The summed E-state index contributed by atoms with van der Waals surface area (Å²) >= 11 is 7.61. The lowest BCUT2D eigenvalue weighted by Gasteiger charge is -2.10. The quantitative estimate of drug-likeness (QED) is 0.244. The Morgan fingerprint density at radius 3 is 2.20 bits per heavy atom. The smallest absolute Gasteiger partial charge is 0.261 e. The molecule has 1 amide bonds. The monoisotopic (exact) mass is 522 g/mol. The molecule has 0 spiro atoms. The van der Waals surface area contributed by atoms with Crippen LogP contribution in [0.5, 0.6) is 0 Å². The Morgan fingerprint density at radius 2 is 1.54 bits per heavy atom. The number of thioether (sulfide) groups is 1. The van der Waals surface area contributed by atoms with Gasteiger partial charge in [0.25, 0.3) is 15.9 Å². The number of nitrogens with one attached hydrogen (secondary N) is 2. The Labute approximate surface area is 214 Å². The van der Waals surface area contributed by atoms with Crippen molar-refractivity contribution in [2.45, 2.75) is 22.5 Å². The van der Waals surface area contributed by atoms with Crippen LogP contribution in [0.15, 0.2) is 107 Å². The molecule has 8 heteroatoms. The van der Waals surface area contributed by atoms with Crippen molar-refractivity contribution in [3.05, 3.63) is 119 Å². The molecular weight excluding hydrogens is 500 g/mol.